The summed E-state index contributed by atoms with van der Waals surface area (Å²) in [6.07, 6.45) is 2.64. The van der Waals surface area contributed by atoms with Crippen molar-refractivity contribution >= 4 is 22.9 Å². The van der Waals surface area contributed by atoms with Gasteiger partial charge in [0.15, 0.2) is 0 Å². The second kappa shape index (κ2) is 7.97. The highest BCUT2D eigenvalue weighted by Gasteiger charge is 2.27. The maximum Gasteiger partial charge on any atom is 0.410 e. The molecule has 1 fully saturated rings. The lowest BCUT2D eigenvalue weighted by atomic mass is 9.98. The van der Waals surface area contributed by atoms with Crippen molar-refractivity contribution in [2.24, 2.45) is 11.3 Å². The maximum atomic E-state index is 13.0. The lowest BCUT2D eigenvalue weighted by molar-refractivity contribution is 0.0685. The second-order valence-corrected chi connectivity index (χ2v) is 10.1. The summed E-state index contributed by atoms with van der Waals surface area (Å²) in [6.45, 7) is 11.6. The van der Waals surface area contributed by atoms with Crippen LogP contribution in [0.3, 0.4) is 0 Å². The number of piperidine rings is 1. The van der Waals surface area contributed by atoms with E-state index in [1.54, 1.807) is 4.90 Å². The molecule has 6 nitrogen and oxygen atoms in total. The van der Waals surface area contributed by atoms with Gasteiger partial charge in [-0.2, -0.15) is 0 Å². The number of hydrogen-bond donors (Lipinski definition) is 1. The minimum absolute atomic E-state index is 0.0566. The lowest BCUT2D eigenvalue weighted by Gasteiger charge is -2.30. The molecule has 2 aromatic rings. The summed E-state index contributed by atoms with van der Waals surface area (Å²) >= 11 is 0. The molecular weight excluding hydrogens is 378 g/mol. The molecule has 0 saturated carbocycles. The highest BCUT2D eigenvalue weighted by molar-refractivity contribution is 5.99. The number of ether oxygens (including phenoxy) is 1. The van der Waals surface area contributed by atoms with Gasteiger partial charge in [-0.25, -0.2) is 4.79 Å². The highest BCUT2D eigenvalue weighted by atomic mass is 16.6. The molecule has 0 spiro atoms. The first-order valence-corrected chi connectivity index (χ1v) is 11.1. The SMILES string of the molecule is CC1CCN(C(=O)c2ccc3[nH]c4c(c3c2)CN(C(=O)OCC(C)(C)C)CC4)CC1. The number of benzene rings is 1. The minimum Gasteiger partial charge on any atom is -0.449 e. The van der Waals surface area contributed by atoms with E-state index in [2.05, 4.69) is 32.7 Å². The summed E-state index contributed by atoms with van der Waals surface area (Å²) in [5.41, 5.74) is 3.95. The van der Waals surface area contributed by atoms with Gasteiger partial charge in [0, 0.05) is 53.8 Å². The maximum absolute atomic E-state index is 13.0. The van der Waals surface area contributed by atoms with Gasteiger partial charge in [-0.3, -0.25) is 4.79 Å². The number of rotatable bonds is 2. The quantitative estimate of drug-likeness (QED) is 0.787. The van der Waals surface area contributed by atoms with Crippen LogP contribution in [0.4, 0.5) is 4.79 Å². The van der Waals surface area contributed by atoms with Gasteiger partial charge in [0.05, 0.1) is 13.2 Å². The fraction of sp³-hybridized carbons (Fsp3) is 0.583. The Bertz CT molecular complexity index is 948. The molecule has 2 aliphatic rings. The zero-order valence-corrected chi connectivity index (χ0v) is 18.6. The predicted molar refractivity (Wildman–Crippen MR) is 118 cm³/mol. The van der Waals surface area contributed by atoms with E-state index in [-0.39, 0.29) is 17.4 Å². The van der Waals surface area contributed by atoms with Gasteiger partial charge in [0.2, 0.25) is 0 Å². The normalized spacial score (nSPS) is 17.9. The van der Waals surface area contributed by atoms with Crippen LogP contribution in [0, 0.1) is 11.3 Å². The third kappa shape index (κ3) is 4.32. The van der Waals surface area contributed by atoms with Crippen molar-refractivity contribution in [3.63, 3.8) is 0 Å². The Labute approximate surface area is 178 Å². The molecule has 1 saturated heterocycles. The summed E-state index contributed by atoms with van der Waals surface area (Å²) in [5, 5.41) is 1.04. The number of nitrogens with one attached hydrogen (secondary N) is 1. The van der Waals surface area contributed by atoms with E-state index in [9.17, 15) is 9.59 Å². The molecule has 162 valence electrons. The summed E-state index contributed by atoms with van der Waals surface area (Å²) in [4.78, 5) is 32.8. The number of H-pyrrole nitrogens is 1. The number of carbonyl (C=O) groups excluding carboxylic acids is 2. The highest BCUT2D eigenvalue weighted by Crippen LogP contribution is 2.30. The van der Waals surface area contributed by atoms with Crippen molar-refractivity contribution in [2.45, 2.75) is 53.5 Å². The molecule has 1 aromatic heterocycles. The lowest BCUT2D eigenvalue weighted by Crippen LogP contribution is -2.38. The Morgan fingerprint density at radius 3 is 2.57 bits per heavy atom. The average molecular weight is 412 g/mol. The van der Waals surface area contributed by atoms with Crippen molar-refractivity contribution in [3.8, 4) is 0 Å². The van der Waals surface area contributed by atoms with Gasteiger partial charge in [0.25, 0.3) is 5.91 Å². The molecule has 6 heteroatoms. The van der Waals surface area contributed by atoms with Crippen LogP contribution in [0.1, 0.15) is 62.2 Å². The molecule has 0 radical (unpaired) electrons. The van der Waals surface area contributed by atoms with Crippen molar-refractivity contribution < 1.29 is 14.3 Å². The van der Waals surface area contributed by atoms with Gasteiger partial charge in [-0.05, 0) is 42.4 Å². The number of aromatic nitrogens is 1. The van der Waals surface area contributed by atoms with Crippen LogP contribution < -0.4 is 0 Å². The standard InChI is InChI=1S/C24H33N3O3/c1-16-7-10-26(11-8-16)22(28)17-5-6-20-18(13-17)19-14-27(12-9-21(19)25-20)23(29)30-15-24(2,3)4/h5-6,13,16,25H,7-12,14-15H2,1-4H3. The molecule has 1 N–H and O–H groups in total. The zero-order valence-electron chi connectivity index (χ0n) is 18.6. The van der Waals surface area contributed by atoms with E-state index in [1.807, 2.05) is 23.1 Å². The Kier molecular flexibility index (Phi) is 5.51. The molecule has 0 aliphatic carbocycles. The molecule has 30 heavy (non-hydrogen) atoms. The molecular formula is C24H33N3O3. The van der Waals surface area contributed by atoms with Gasteiger partial charge < -0.3 is 19.5 Å². The Morgan fingerprint density at radius 2 is 1.87 bits per heavy atom. The molecule has 1 aromatic carbocycles. The minimum atomic E-state index is -0.264. The number of fused-ring (bicyclic) bond motifs is 3. The zero-order chi connectivity index (χ0) is 21.5. The third-order valence-electron chi connectivity index (χ3n) is 6.18. The fourth-order valence-corrected chi connectivity index (χ4v) is 4.27. The number of nitrogens with zero attached hydrogens (tertiary/aromatic N) is 2. The molecule has 4 rings (SSSR count). The van der Waals surface area contributed by atoms with Crippen molar-refractivity contribution in [2.75, 3.05) is 26.2 Å². The van der Waals surface area contributed by atoms with Gasteiger partial charge in [0.1, 0.15) is 0 Å². The smallest absolute Gasteiger partial charge is 0.410 e. The molecule has 2 aliphatic heterocycles. The average Bonchev–Trinajstić information content (AvgIpc) is 3.08. The summed E-state index contributed by atoms with van der Waals surface area (Å²) in [5.74, 6) is 0.799. The van der Waals surface area contributed by atoms with Crippen molar-refractivity contribution in [3.05, 3.63) is 35.0 Å². The van der Waals surface area contributed by atoms with Crippen molar-refractivity contribution in [1.82, 2.24) is 14.8 Å². The number of aromatic amines is 1. The Morgan fingerprint density at radius 1 is 1.13 bits per heavy atom. The Hall–Kier alpha value is -2.50. The van der Waals surface area contributed by atoms with Crippen molar-refractivity contribution in [1.29, 1.82) is 0 Å². The van der Waals surface area contributed by atoms with Crippen LogP contribution in [0.5, 0.6) is 0 Å². The number of carbonyl (C=O) groups is 2. The molecule has 0 unspecified atom stereocenters. The second-order valence-electron chi connectivity index (χ2n) is 10.1. The van der Waals surface area contributed by atoms with Crippen LogP contribution in [0.25, 0.3) is 10.9 Å². The van der Waals surface area contributed by atoms with E-state index in [0.29, 0.717) is 25.6 Å². The van der Waals surface area contributed by atoms with E-state index >= 15 is 0 Å². The Balaban J connectivity index is 1.53. The summed E-state index contributed by atoms with van der Waals surface area (Å²) in [6, 6.07) is 5.91. The number of likely N-dealkylation sites (tertiary alicyclic amines) is 1. The van der Waals surface area contributed by atoms with E-state index in [4.69, 9.17) is 4.74 Å². The van der Waals surface area contributed by atoms with E-state index in [0.717, 1.165) is 60.1 Å². The van der Waals surface area contributed by atoms with Gasteiger partial charge >= 0.3 is 6.09 Å². The summed E-state index contributed by atoms with van der Waals surface area (Å²) < 4.78 is 5.52. The first-order chi connectivity index (χ1) is 14.2. The largest absolute Gasteiger partial charge is 0.449 e. The third-order valence-corrected chi connectivity index (χ3v) is 6.18. The van der Waals surface area contributed by atoms with Gasteiger partial charge in [-0.15, -0.1) is 0 Å². The molecule has 0 bridgehead atoms. The van der Waals surface area contributed by atoms with E-state index in [1.165, 1.54) is 0 Å². The van der Waals surface area contributed by atoms with Crippen LogP contribution in [0.2, 0.25) is 0 Å². The first kappa shape index (κ1) is 20.8. The number of amides is 2. The molecule has 3 heterocycles. The molecule has 0 atom stereocenters. The monoisotopic (exact) mass is 411 g/mol. The molecule has 2 amide bonds. The predicted octanol–water partition coefficient (Wildman–Crippen LogP) is 4.58. The van der Waals surface area contributed by atoms with Crippen LogP contribution in [-0.4, -0.2) is 53.0 Å². The van der Waals surface area contributed by atoms with Crippen LogP contribution in [-0.2, 0) is 17.7 Å². The van der Waals surface area contributed by atoms with Crippen LogP contribution >= 0.6 is 0 Å². The van der Waals surface area contributed by atoms with E-state index < -0.39 is 0 Å². The summed E-state index contributed by atoms with van der Waals surface area (Å²) in [7, 11) is 0. The topological polar surface area (TPSA) is 65.6 Å². The fourth-order valence-electron chi connectivity index (χ4n) is 4.27. The first-order valence-electron chi connectivity index (χ1n) is 11.1. The van der Waals surface area contributed by atoms with Crippen LogP contribution in [0.15, 0.2) is 18.2 Å². The number of hydrogen-bond acceptors (Lipinski definition) is 3. The van der Waals surface area contributed by atoms with Gasteiger partial charge in [-0.1, -0.05) is 27.7 Å².